The van der Waals surface area contributed by atoms with Gasteiger partial charge in [0.05, 0.1) is 6.10 Å². The minimum Gasteiger partial charge on any atom is -0.457 e. The lowest BCUT2D eigenvalue weighted by atomic mass is 9.68. The molecule has 4 bridgehead atoms. The van der Waals surface area contributed by atoms with Crippen LogP contribution in [0.15, 0.2) is 12.2 Å². The number of rotatable bonds is 6. The lowest BCUT2D eigenvalue weighted by Gasteiger charge is -2.36. The Labute approximate surface area is 151 Å². The summed E-state index contributed by atoms with van der Waals surface area (Å²) in [7, 11) is 0. The molecule has 3 heteroatoms. The molecule has 3 saturated carbocycles. The van der Waals surface area contributed by atoms with Gasteiger partial charge in [-0.2, -0.15) is 0 Å². The molecule has 1 heterocycles. The monoisotopic (exact) mass is 344 g/mol. The molecule has 25 heavy (non-hydrogen) atoms. The molecule has 9 unspecified atom stereocenters. The number of hydrogen-bond donors (Lipinski definition) is 0. The van der Waals surface area contributed by atoms with Crippen molar-refractivity contribution in [3.8, 4) is 0 Å². The van der Waals surface area contributed by atoms with Crippen LogP contribution in [0.5, 0.6) is 0 Å². The van der Waals surface area contributed by atoms with E-state index in [1.165, 1.54) is 19.3 Å². The van der Waals surface area contributed by atoms with E-state index >= 15 is 0 Å². The molecule has 0 aromatic rings. The zero-order valence-corrected chi connectivity index (χ0v) is 15.8. The summed E-state index contributed by atoms with van der Waals surface area (Å²) in [5.74, 6) is 5.73. The molecule has 1 aliphatic heterocycles. The second-order valence-electron chi connectivity index (χ2n) is 9.35. The highest BCUT2D eigenvalue weighted by molar-refractivity contribution is 5.78. The average molecular weight is 344 g/mol. The fourth-order valence-electron chi connectivity index (χ4n) is 7.32. The van der Waals surface area contributed by atoms with Gasteiger partial charge in [-0.3, -0.25) is 0 Å². The second kappa shape index (κ2) is 5.58. The van der Waals surface area contributed by atoms with Crippen molar-refractivity contribution in [1.82, 2.24) is 0 Å². The van der Waals surface area contributed by atoms with Crippen molar-refractivity contribution in [2.45, 2.75) is 77.1 Å². The van der Waals surface area contributed by atoms with Crippen LogP contribution in [-0.2, 0) is 14.3 Å². The topological polar surface area (TPSA) is 38.8 Å². The van der Waals surface area contributed by atoms with Crippen LogP contribution < -0.4 is 0 Å². The zero-order chi connectivity index (χ0) is 17.3. The molecule has 0 N–H and O–H groups in total. The Hall–Kier alpha value is -0.830. The second-order valence-corrected chi connectivity index (χ2v) is 9.35. The first-order valence-electron chi connectivity index (χ1n) is 10.7. The number of fused-ring (bicyclic) bond motifs is 9. The van der Waals surface area contributed by atoms with Crippen LogP contribution in [0.25, 0.3) is 0 Å². The summed E-state index contributed by atoms with van der Waals surface area (Å²) in [6, 6.07) is 0. The molecule has 5 rings (SSSR count). The smallest absolute Gasteiger partial charge is 0.338 e. The van der Waals surface area contributed by atoms with Gasteiger partial charge in [0.15, 0.2) is 6.10 Å². The lowest BCUT2D eigenvalue weighted by molar-refractivity contribution is -0.162. The van der Waals surface area contributed by atoms with E-state index in [-0.39, 0.29) is 23.8 Å². The molecule has 138 valence electrons. The molecule has 4 aliphatic carbocycles. The fourth-order valence-corrected chi connectivity index (χ4v) is 7.32. The molecule has 0 aromatic heterocycles. The maximum absolute atomic E-state index is 12.7. The molecule has 0 radical (unpaired) electrons. The third-order valence-electron chi connectivity index (χ3n) is 8.75. The minimum atomic E-state index is -0.289. The predicted molar refractivity (Wildman–Crippen MR) is 95.8 cm³/mol. The number of allylic oxidation sites excluding steroid dienone is 2. The number of carbonyl (C=O) groups is 1. The Kier molecular flexibility index (Phi) is 3.65. The summed E-state index contributed by atoms with van der Waals surface area (Å²) in [4.78, 5) is 12.7. The van der Waals surface area contributed by atoms with E-state index in [0.29, 0.717) is 5.92 Å². The molecule has 0 spiro atoms. The largest absolute Gasteiger partial charge is 0.457 e. The third-order valence-corrected chi connectivity index (χ3v) is 8.75. The molecule has 9 atom stereocenters. The Morgan fingerprint density at radius 2 is 1.64 bits per heavy atom. The maximum Gasteiger partial charge on any atom is 0.338 e. The normalized spacial score (nSPS) is 48.8. The Bertz CT molecular complexity index is 584. The number of epoxide rings is 1. The predicted octanol–water partition coefficient (Wildman–Crippen LogP) is 4.36. The molecule has 4 fully saturated rings. The summed E-state index contributed by atoms with van der Waals surface area (Å²) < 4.78 is 11.9. The van der Waals surface area contributed by atoms with Gasteiger partial charge in [0.2, 0.25) is 0 Å². The van der Waals surface area contributed by atoms with Crippen LogP contribution in [0.2, 0.25) is 0 Å². The summed E-state index contributed by atoms with van der Waals surface area (Å²) in [5, 5.41) is 0. The molecular formula is C22H32O3. The molecule has 0 aromatic carbocycles. The summed E-state index contributed by atoms with van der Waals surface area (Å²) in [6.07, 6.45) is 11.6. The number of esters is 1. The van der Waals surface area contributed by atoms with Crippen LogP contribution in [0.1, 0.15) is 59.3 Å². The first kappa shape index (κ1) is 16.4. The molecule has 3 nitrogen and oxygen atoms in total. The number of ether oxygens (including phenoxy) is 2. The van der Waals surface area contributed by atoms with Crippen molar-refractivity contribution >= 4 is 5.97 Å². The Balaban J connectivity index is 1.24. The van der Waals surface area contributed by atoms with E-state index in [9.17, 15) is 4.79 Å². The van der Waals surface area contributed by atoms with Crippen molar-refractivity contribution in [3.05, 3.63) is 12.2 Å². The van der Waals surface area contributed by atoms with Crippen LogP contribution in [0.3, 0.4) is 0 Å². The summed E-state index contributed by atoms with van der Waals surface area (Å²) >= 11 is 0. The molecule has 1 saturated heterocycles. The molecule has 5 aliphatic rings. The van der Waals surface area contributed by atoms with Crippen molar-refractivity contribution in [2.75, 3.05) is 0 Å². The van der Waals surface area contributed by atoms with E-state index < -0.39 is 0 Å². The van der Waals surface area contributed by atoms with Gasteiger partial charge in [0.25, 0.3) is 0 Å². The van der Waals surface area contributed by atoms with Crippen LogP contribution in [0, 0.1) is 41.4 Å². The summed E-state index contributed by atoms with van der Waals surface area (Å²) in [5.41, 5.74) is -0.289. The zero-order valence-electron chi connectivity index (χ0n) is 15.8. The highest BCUT2D eigenvalue weighted by Gasteiger charge is 2.66. The van der Waals surface area contributed by atoms with E-state index in [2.05, 4.69) is 32.9 Å². The van der Waals surface area contributed by atoms with Crippen LogP contribution in [-0.4, -0.2) is 23.8 Å². The molecular weight excluding hydrogens is 312 g/mol. The first-order chi connectivity index (χ1) is 12.1. The number of carbonyl (C=O) groups excluding carboxylic acids is 1. The first-order valence-corrected chi connectivity index (χ1v) is 10.7. The van der Waals surface area contributed by atoms with Crippen molar-refractivity contribution in [2.24, 2.45) is 41.4 Å². The summed E-state index contributed by atoms with van der Waals surface area (Å²) in [6.45, 7) is 6.35. The standard InChI is InChI=1S/C22H32O3/c1-4-22(5-2,6-3)25-21(23)20-19(24-20)16-11-14-10-15(16)18-13-8-7-12(9-13)17(14)18/h7-8,12-20H,4-6,9-11H2,1-3H3. The van der Waals surface area contributed by atoms with Gasteiger partial charge in [-0.05, 0) is 80.0 Å². The van der Waals surface area contributed by atoms with Crippen LogP contribution in [0.4, 0.5) is 0 Å². The van der Waals surface area contributed by atoms with E-state index in [1.54, 1.807) is 0 Å². The lowest BCUT2D eigenvalue weighted by Crippen LogP contribution is -2.37. The van der Waals surface area contributed by atoms with Crippen molar-refractivity contribution in [1.29, 1.82) is 0 Å². The van der Waals surface area contributed by atoms with Gasteiger partial charge < -0.3 is 9.47 Å². The Morgan fingerprint density at radius 1 is 1.00 bits per heavy atom. The molecule has 0 amide bonds. The SMILES string of the molecule is CCC(CC)(CC)OC(=O)C1OC1C1CC2CC1C1C3C=CC(C3)C21. The van der Waals surface area contributed by atoms with Gasteiger partial charge in [-0.1, -0.05) is 32.9 Å². The highest BCUT2D eigenvalue weighted by atomic mass is 16.6. The highest BCUT2D eigenvalue weighted by Crippen LogP contribution is 2.68. The van der Waals surface area contributed by atoms with Gasteiger partial charge in [-0.25, -0.2) is 4.79 Å². The van der Waals surface area contributed by atoms with Crippen LogP contribution >= 0.6 is 0 Å². The average Bonchev–Trinajstić information content (AvgIpc) is 3.04. The third kappa shape index (κ3) is 2.23. The number of hydrogen-bond acceptors (Lipinski definition) is 3. The van der Waals surface area contributed by atoms with E-state index in [0.717, 1.165) is 54.8 Å². The van der Waals surface area contributed by atoms with E-state index in [1.807, 2.05) is 0 Å². The minimum absolute atomic E-state index is 0.0947. The van der Waals surface area contributed by atoms with Gasteiger partial charge in [0, 0.05) is 0 Å². The van der Waals surface area contributed by atoms with Gasteiger partial charge in [0.1, 0.15) is 5.60 Å². The van der Waals surface area contributed by atoms with Gasteiger partial charge in [-0.15, -0.1) is 0 Å². The quantitative estimate of drug-likeness (QED) is 0.311. The fraction of sp³-hybridized carbons (Fsp3) is 0.864. The van der Waals surface area contributed by atoms with Gasteiger partial charge >= 0.3 is 5.97 Å². The van der Waals surface area contributed by atoms with Crippen molar-refractivity contribution < 1.29 is 14.3 Å². The Morgan fingerprint density at radius 3 is 2.32 bits per heavy atom. The van der Waals surface area contributed by atoms with E-state index in [4.69, 9.17) is 9.47 Å². The van der Waals surface area contributed by atoms with Crippen molar-refractivity contribution in [3.63, 3.8) is 0 Å². The maximum atomic E-state index is 12.7.